The van der Waals surface area contributed by atoms with Gasteiger partial charge in [0.1, 0.15) is 22.0 Å². The van der Waals surface area contributed by atoms with Crippen LogP contribution in [0.15, 0.2) is 146 Å². The van der Waals surface area contributed by atoms with Crippen molar-refractivity contribution in [3.05, 3.63) is 206 Å². The molecule has 1 saturated carbocycles. The average Bonchev–Trinajstić information content (AvgIpc) is 1.54. The fourth-order valence-electron chi connectivity index (χ4n) is 15.0. The third kappa shape index (κ3) is 14.1. The fourth-order valence-corrected chi connectivity index (χ4v) is 15.5. The van der Waals surface area contributed by atoms with E-state index in [9.17, 15) is 29.1 Å². The molecule has 526 valence electrons. The molecular formula is C80H82Cl3N11O8. The number of aryl methyl sites for hydroxylation is 3. The SMILES string of the molecule is CC(C)(C)OC(=O)N1CC2(C1)C(=O)N(Cc1cc3cc(Cl)ccc3n1CCCC#N)c1ccccc12.CC(C)(C)OC(=O)N1CC2(C1)C(=O)Nc1ccccc12.N#CCCCn1c(CN2C(=O)C3(CCC3)c3ccccc32)cc2cc(Cl)ccc21.[C-]#[N+]CCCn1c(CO)cc2cc(Cl)ccc21. The molecule has 3 spiro atoms. The standard InChI is InChI=1S/C28H29ClN4O3.C24H22ClN3O.C15H18N2O3.C13H13ClN2O/c1-27(2,3)36-26(35)31-17-28(18-31)22-8-4-5-9-24(22)33(25(28)34)16-21-15-19-14-20(29)10-11-23(19)32(21)13-7-6-12-30;25-18-8-9-21-17(14-18)15-19(27(21)13-4-3-12-26)16-28-22-7-2-1-6-20(22)24(23(28)29)10-5-11-24;1-14(2,3)20-13(19)17-8-15(9-17)10-6-4-5-7-11(10)16-12(15)18;1-15-5-2-6-16-12(9-17)8-10-7-11(14)3-4-13(10)16/h4-5,8-11,14-15H,6-7,13,16-18H2,1-3H3;1-2,6-9,14-15H,3-5,10-11,13,16H2;4-7H,8-9H2,1-3H3,(H,16,18);3-4,7-8,17H,2,5-6,9H2. The number of nitrogens with zero attached hydrogens (tertiary/aromatic N) is 10. The van der Waals surface area contributed by atoms with Gasteiger partial charge in [0.05, 0.1) is 37.2 Å². The van der Waals surface area contributed by atoms with Gasteiger partial charge in [-0.25, -0.2) is 16.2 Å². The molecule has 22 heteroatoms. The molecule has 3 aromatic heterocycles. The van der Waals surface area contributed by atoms with Crippen molar-refractivity contribution in [1.29, 1.82) is 10.5 Å². The molecule has 0 atom stereocenters. The maximum atomic E-state index is 13.9. The van der Waals surface area contributed by atoms with Crippen LogP contribution >= 0.6 is 34.8 Å². The van der Waals surface area contributed by atoms with Gasteiger partial charge in [-0.1, -0.05) is 95.8 Å². The molecule has 5 amide bonds. The summed E-state index contributed by atoms with van der Waals surface area (Å²) >= 11 is 18.4. The molecule has 0 radical (unpaired) electrons. The second-order valence-electron chi connectivity index (χ2n) is 29.0. The maximum Gasteiger partial charge on any atom is 0.410 e. The van der Waals surface area contributed by atoms with E-state index in [1.807, 2.05) is 173 Å². The van der Waals surface area contributed by atoms with E-state index in [1.54, 1.807) is 9.80 Å². The molecular weight excluding hydrogens is 1350 g/mol. The Morgan fingerprint density at radius 2 is 0.951 bits per heavy atom. The summed E-state index contributed by atoms with van der Waals surface area (Å²) in [5, 5.41) is 35.4. The summed E-state index contributed by atoms with van der Waals surface area (Å²) in [5.74, 6) is 0.200. The lowest BCUT2D eigenvalue weighted by molar-refractivity contribution is -0.129. The van der Waals surface area contributed by atoms with E-state index in [-0.39, 0.29) is 35.8 Å². The number of hydrogen-bond acceptors (Lipinski definition) is 10. The zero-order valence-corrected chi connectivity index (χ0v) is 60.5. The molecule has 0 unspecified atom stereocenters. The second-order valence-corrected chi connectivity index (χ2v) is 30.3. The van der Waals surface area contributed by atoms with E-state index >= 15 is 0 Å². The first kappa shape index (κ1) is 72.0. The normalized spacial score (nSPS) is 16.1. The Bertz CT molecular complexity index is 4870. The number of fused-ring (bicyclic) bond motifs is 9. The number of anilines is 3. The summed E-state index contributed by atoms with van der Waals surface area (Å²) in [6, 6.07) is 51.6. The van der Waals surface area contributed by atoms with Gasteiger partial charge in [-0.15, -0.1) is 0 Å². The first-order chi connectivity index (χ1) is 48.8. The number of aliphatic hydroxyl groups excluding tert-OH is 1. The molecule has 15 rings (SSSR count). The van der Waals surface area contributed by atoms with Crippen molar-refractivity contribution >= 4 is 114 Å². The lowest BCUT2D eigenvalue weighted by Gasteiger charge is -2.46. The molecule has 0 bridgehead atoms. The van der Waals surface area contributed by atoms with Gasteiger partial charge in [-0.2, -0.15) is 10.5 Å². The van der Waals surface area contributed by atoms with Gasteiger partial charge in [0.2, 0.25) is 24.3 Å². The Hall–Kier alpha value is -9.81. The number of rotatable bonds is 14. The number of carbonyl (C=O) groups excluding carboxylic acids is 5. The van der Waals surface area contributed by atoms with Crippen molar-refractivity contribution in [3.8, 4) is 12.1 Å². The van der Waals surface area contributed by atoms with Gasteiger partial charge in [0.15, 0.2) is 0 Å². The highest BCUT2D eigenvalue weighted by atomic mass is 35.5. The average molecular weight is 1430 g/mol. The number of aromatic nitrogens is 3. The molecule has 2 N–H and O–H groups in total. The van der Waals surface area contributed by atoms with Crippen molar-refractivity contribution in [3.63, 3.8) is 0 Å². The lowest BCUT2D eigenvalue weighted by atomic mass is 9.65. The van der Waals surface area contributed by atoms with E-state index in [0.717, 1.165) is 130 Å². The number of nitriles is 2. The number of benzene rings is 6. The zero-order chi connectivity index (χ0) is 72.5. The number of likely N-dealkylation sites (tertiary alicyclic amines) is 2. The van der Waals surface area contributed by atoms with E-state index in [1.165, 1.54) is 5.56 Å². The van der Waals surface area contributed by atoms with Gasteiger partial charge in [-0.05, 0) is 175 Å². The Kier molecular flexibility index (Phi) is 20.7. The topological polar surface area (TPSA) is 216 Å². The summed E-state index contributed by atoms with van der Waals surface area (Å²) in [6.45, 7) is 22.8. The van der Waals surface area contributed by atoms with Crippen LogP contribution in [0.4, 0.5) is 26.7 Å². The number of ether oxygens (including phenoxy) is 2. The first-order valence-electron chi connectivity index (χ1n) is 34.6. The lowest BCUT2D eigenvalue weighted by Crippen LogP contribution is -2.65. The molecule has 6 aliphatic rings. The minimum absolute atomic E-state index is 0.00428. The minimum atomic E-state index is -0.755. The first-order valence-corrected chi connectivity index (χ1v) is 35.7. The van der Waals surface area contributed by atoms with Crippen LogP contribution in [-0.4, -0.2) is 102 Å². The molecule has 6 aromatic carbocycles. The van der Waals surface area contributed by atoms with Crippen LogP contribution in [-0.2, 0) is 79.4 Å². The molecule has 8 heterocycles. The maximum absolute atomic E-state index is 13.9. The van der Waals surface area contributed by atoms with Gasteiger partial charge in [0, 0.05) is 147 Å². The van der Waals surface area contributed by atoms with Crippen LogP contribution in [0.25, 0.3) is 37.6 Å². The van der Waals surface area contributed by atoms with E-state index in [0.29, 0.717) is 80.3 Å². The quantitative estimate of drug-likeness (QED) is 0.0775. The molecule has 3 fully saturated rings. The van der Waals surface area contributed by atoms with Gasteiger partial charge < -0.3 is 58.0 Å². The molecule has 9 aromatic rings. The molecule has 2 saturated heterocycles. The molecule has 102 heavy (non-hydrogen) atoms. The summed E-state index contributed by atoms with van der Waals surface area (Å²) in [7, 11) is 0. The zero-order valence-electron chi connectivity index (χ0n) is 58.2. The van der Waals surface area contributed by atoms with Crippen molar-refractivity contribution in [2.45, 2.75) is 160 Å². The van der Waals surface area contributed by atoms with Crippen molar-refractivity contribution in [2.24, 2.45) is 0 Å². The molecule has 1 aliphatic carbocycles. The van der Waals surface area contributed by atoms with Crippen LogP contribution in [0.3, 0.4) is 0 Å². The summed E-state index contributed by atoms with van der Waals surface area (Å²) in [6.07, 6.45) is 5.51. The number of hydrogen-bond donors (Lipinski definition) is 2. The highest BCUT2D eigenvalue weighted by molar-refractivity contribution is 6.32. The highest BCUT2D eigenvalue weighted by Crippen LogP contribution is 2.54. The Labute approximate surface area is 609 Å². The van der Waals surface area contributed by atoms with Crippen LogP contribution in [0.1, 0.15) is 127 Å². The monoisotopic (exact) mass is 1430 g/mol. The molecule has 19 nitrogen and oxygen atoms in total. The Morgan fingerprint density at radius 1 is 0.549 bits per heavy atom. The van der Waals surface area contributed by atoms with E-state index in [4.69, 9.17) is 61.4 Å². The summed E-state index contributed by atoms with van der Waals surface area (Å²) in [4.78, 5) is 74.5. The summed E-state index contributed by atoms with van der Waals surface area (Å²) in [5.41, 5.74) is 9.23. The predicted molar refractivity (Wildman–Crippen MR) is 397 cm³/mol. The van der Waals surface area contributed by atoms with E-state index < -0.39 is 28.1 Å². The van der Waals surface area contributed by atoms with Gasteiger partial charge in [-0.3, -0.25) is 14.4 Å². The fraction of sp³-hybridized carbons (Fsp3) is 0.375. The number of aliphatic hydroxyl groups is 1. The second kappa shape index (κ2) is 29.3. The molecule has 5 aliphatic heterocycles. The van der Waals surface area contributed by atoms with Crippen molar-refractivity contribution in [1.82, 2.24) is 23.5 Å². The third-order valence-corrected chi connectivity index (χ3v) is 20.6. The third-order valence-electron chi connectivity index (χ3n) is 19.9. The predicted octanol–water partition coefficient (Wildman–Crippen LogP) is 16.4. The van der Waals surface area contributed by atoms with Crippen LogP contribution in [0.5, 0.6) is 0 Å². The van der Waals surface area contributed by atoms with Crippen LogP contribution in [0.2, 0.25) is 15.1 Å². The van der Waals surface area contributed by atoms with Crippen molar-refractivity contribution in [2.75, 3.05) is 47.8 Å². The van der Waals surface area contributed by atoms with E-state index in [2.05, 4.69) is 60.3 Å². The largest absolute Gasteiger partial charge is 0.444 e. The van der Waals surface area contributed by atoms with Crippen LogP contribution in [0, 0.1) is 29.2 Å². The van der Waals surface area contributed by atoms with Crippen LogP contribution < -0.4 is 15.1 Å². The van der Waals surface area contributed by atoms with Crippen molar-refractivity contribution < 1.29 is 38.6 Å². The highest BCUT2D eigenvalue weighted by Gasteiger charge is 2.60. The Balaban J connectivity index is 0.000000134. The number of para-hydroxylation sites is 3. The number of amides is 5. The number of nitrogens with one attached hydrogen (secondary N) is 1. The Morgan fingerprint density at radius 3 is 1.38 bits per heavy atom. The number of unbranched alkanes of at least 4 members (excludes halogenated alkanes) is 2. The summed E-state index contributed by atoms with van der Waals surface area (Å²) < 4.78 is 17.3. The number of halogens is 3. The number of carbonyl (C=O) groups is 5. The van der Waals surface area contributed by atoms with Gasteiger partial charge >= 0.3 is 12.2 Å². The minimum Gasteiger partial charge on any atom is -0.444 e. The van der Waals surface area contributed by atoms with Gasteiger partial charge in [0.25, 0.3) is 0 Å². The smallest absolute Gasteiger partial charge is 0.410 e.